The van der Waals surface area contributed by atoms with Gasteiger partial charge in [-0.05, 0) is 29.5 Å². The molecule has 158 valence electrons. The highest BCUT2D eigenvalue weighted by atomic mass is 16.6. The Morgan fingerprint density at radius 2 is 1.43 bits per heavy atom. The van der Waals surface area contributed by atoms with Crippen LogP contribution < -0.4 is 5.73 Å². The van der Waals surface area contributed by atoms with E-state index in [2.05, 4.69) is 29.1 Å². The lowest BCUT2D eigenvalue weighted by atomic mass is 10.0. The molecule has 3 aliphatic rings. The van der Waals surface area contributed by atoms with E-state index < -0.39 is 0 Å². The van der Waals surface area contributed by atoms with E-state index in [1.165, 1.54) is 11.1 Å². The summed E-state index contributed by atoms with van der Waals surface area (Å²) in [5.74, 6) is 0. The Bertz CT molecular complexity index is 879. The number of hydrogen-bond donors (Lipinski definition) is 1. The summed E-state index contributed by atoms with van der Waals surface area (Å²) in [5.41, 5.74) is 10.2. The molecule has 5 rings (SSSR count). The van der Waals surface area contributed by atoms with E-state index >= 15 is 0 Å². The molecule has 3 fully saturated rings. The highest BCUT2D eigenvalue weighted by Crippen LogP contribution is 2.43. The molecule has 0 bridgehead atoms. The van der Waals surface area contributed by atoms with E-state index in [9.17, 15) is 0 Å². The molecule has 2 N–H and O–H groups in total. The molecule has 2 aromatic rings. The highest BCUT2D eigenvalue weighted by molar-refractivity contribution is 5.47. The Morgan fingerprint density at radius 1 is 0.833 bits per heavy atom. The minimum atomic E-state index is -0.0640. The summed E-state index contributed by atoms with van der Waals surface area (Å²) in [6, 6.07) is 15.9. The number of nitrogens with zero attached hydrogens (tertiary/aromatic N) is 1. The van der Waals surface area contributed by atoms with E-state index in [1.807, 2.05) is 18.2 Å². The van der Waals surface area contributed by atoms with E-state index in [0.29, 0.717) is 45.3 Å². The largest absolute Gasteiger partial charge is 0.376 e. The summed E-state index contributed by atoms with van der Waals surface area (Å²) in [4.78, 5) is 3.38. The lowest BCUT2D eigenvalue weighted by Crippen LogP contribution is -2.23. The fourth-order valence-electron chi connectivity index (χ4n) is 3.63. The smallest absolute Gasteiger partial charge is 0.187 e. The molecule has 2 aromatic carbocycles. The standard InChI is InChI=1S/C13H17NO2.C11H11NO2/c14-13(4-5-13)11-3-1-2-10(8-11)12-9-15-6-7-16-12;1-12-10-4-2-3-9(7-10)11-8-13-5-6-14-11/h1-3,8,12H,4-7,9,14H2;2-4,7,11H,5-6,8H2. The number of hydrogen-bond acceptors (Lipinski definition) is 5. The molecule has 1 saturated carbocycles. The number of benzene rings is 2. The molecular formula is C24H28N2O4. The van der Waals surface area contributed by atoms with Crippen LogP contribution in [-0.2, 0) is 24.5 Å². The molecule has 2 atom stereocenters. The molecule has 2 saturated heterocycles. The van der Waals surface area contributed by atoms with Gasteiger partial charge in [-0.25, -0.2) is 4.85 Å². The van der Waals surface area contributed by atoms with Gasteiger partial charge in [-0.3, -0.25) is 0 Å². The number of ether oxygens (including phenoxy) is 4. The summed E-state index contributed by atoms with van der Waals surface area (Å²) < 4.78 is 22.0. The second-order valence-electron chi connectivity index (χ2n) is 7.86. The van der Waals surface area contributed by atoms with Crippen LogP contribution in [0.3, 0.4) is 0 Å². The van der Waals surface area contributed by atoms with Crippen LogP contribution in [0.25, 0.3) is 4.85 Å². The van der Waals surface area contributed by atoms with Crippen molar-refractivity contribution in [3.05, 3.63) is 76.6 Å². The minimum Gasteiger partial charge on any atom is -0.376 e. The van der Waals surface area contributed by atoms with Gasteiger partial charge in [0.1, 0.15) is 12.2 Å². The van der Waals surface area contributed by atoms with Crippen molar-refractivity contribution in [2.24, 2.45) is 5.73 Å². The molecule has 0 spiro atoms. The molecule has 2 unspecified atom stereocenters. The van der Waals surface area contributed by atoms with E-state index in [-0.39, 0.29) is 17.7 Å². The second kappa shape index (κ2) is 9.69. The van der Waals surface area contributed by atoms with Crippen LogP contribution in [0.2, 0.25) is 0 Å². The molecule has 0 radical (unpaired) electrons. The Labute approximate surface area is 177 Å². The normalized spacial score (nSPS) is 24.8. The van der Waals surface area contributed by atoms with Crippen molar-refractivity contribution < 1.29 is 18.9 Å². The zero-order valence-electron chi connectivity index (χ0n) is 17.1. The third kappa shape index (κ3) is 5.25. The third-order valence-electron chi connectivity index (χ3n) is 5.62. The van der Waals surface area contributed by atoms with Gasteiger partial charge in [-0.1, -0.05) is 48.5 Å². The van der Waals surface area contributed by atoms with Gasteiger partial charge in [0.15, 0.2) is 5.69 Å². The first-order valence-electron chi connectivity index (χ1n) is 10.4. The average Bonchev–Trinajstić information content (AvgIpc) is 3.59. The SMILES string of the molecule is NC1(c2cccc(C3COCCO3)c2)CC1.[C-]#[N+]c1cccc(C2COCCO2)c1. The predicted molar refractivity (Wildman–Crippen MR) is 113 cm³/mol. The average molecular weight is 408 g/mol. The summed E-state index contributed by atoms with van der Waals surface area (Å²) in [6.45, 7) is 10.8. The summed E-state index contributed by atoms with van der Waals surface area (Å²) in [5, 5.41) is 0. The van der Waals surface area contributed by atoms with Crippen molar-refractivity contribution in [1.82, 2.24) is 0 Å². The zero-order chi connectivity index (χ0) is 20.8. The first-order chi connectivity index (χ1) is 14.7. The van der Waals surface area contributed by atoms with Gasteiger partial charge >= 0.3 is 0 Å². The predicted octanol–water partition coefficient (Wildman–Crippen LogP) is 4.05. The van der Waals surface area contributed by atoms with Crippen molar-refractivity contribution in [1.29, 1.82) is 0 Å². The van der Waals surface area contributed by atoms with Gasteiger partial charge in [0, 0.05) is 5.54 Å². The van der Waals surface area contributed by atoms with Crippen LogP contribution >= 0.6 is 0 Å². The Kier molecular flexibility index (Phi) is 6.78. The quantitative estimate of drug-likeness (QED) is 0.776. The van der Waals surface area contributed by atoms with Crippen LogP contribution in [0.5, 0.6) is 0 Å². The van der Waals surface area contributed by atoms with Crippen LogP contribution in [0.1, 0.15) is 41.7 Å². The molecule has 6 heteroatoms. The zero-order valence-corrected chi connectivity index (χ0v) is 17.1. The van der Waals surface area contributed by atoms with Gasteiger partial charge in [0.2, 0.25) is 0 Å². The lowest BCUT2D eigenvalue weighted by Gasteiger charge is -2.24. The van der Waals surface area contributed by atoms with Crippen LogP contribution in [-0.4, -0.2) is 39.6 Å². The van der Waals surface area contributed by atoms with Crippen molar-refractivity contribution in [2.45, 2.75) is 30.6 Å². The first kappa shape index (κ1) is 21.0. The van der Waals surface area contributed by atoms with Crippen molar-refractivity contribution in [3.8, 4) is 0 Å². The maximum absolute atomic E-state index is 6.91. The van der Waals surface area contributed by atoms with E-state index in [0.717, 1.165) is 18.4 Å². The molecule has 0 amide bonds. The molecule has 2 aliphatic heterocycles. The highest BCUT2D eigenvalue weighted by Gasteiger charge is 2.40. The Balaban J connectivity index is 0.000000147. The third-order valence-corrected chi connectivity index (χ3v) is 5.62. The monoisotopic (exact) mass is 408 g/mol. The van der Waals surface area contributed by atoms with Crippen molar-refractivity contribution >= 4 is 5.69 Å². The Morgan fingerprint density at radius 3 is 1.97 bits per heavy atom. The molecule has 6 nitrogen and oxygen atoms in total. The van der Waals surface area contributed by atoms with Crippen LogP contribution in [0, 0.1) is 6.57 Å². The molecule has 0 aromatic heterocycles. The van der Waals surface area contributed by atoms with Crippen molar-refractivity contribution in [3.63, 3.8) is 0 Å². The topological polar surface area (TPSA) is 67.3 Å². The van der Waals surface area contributed by atoms with E-state index in [4.69, 9.17) is 31.3 Å². The van der Waals surface area contributed by atoms with Gasteiger partial charge < -0.3 is 24.7 Å². The molecule has 1 aliphatic carbocycles. The molecule has 2 heterocycles. The second-order valence-corrected chi connectivity index (χ2v) is 7.86. The molecular weight excluding hydrogens is 380 g/mol. The van der Waals surface area contributed by atoms with Gasteiger partial charge in [0.05, 0.1) is 46.2 Å². The van der Waals surface area contributed by atoms with Gasteiger partial charge in [0.25, 0.3) is 0 Å². The summed E-state index contributed by atoms with van der Waals surface area (Å²) >= 11 is 0. The maximum Gasteiger partial charge on any atom is 0.187 e. The Hall–Kier alpha value is -2.27. The van der Waals surface area contributed by atoms with Crippen molar-refractivity contribution in [2.75, 3.05) is 39.6 Å². The molecule has 30 heavy (non-hydrogen) atoms. The number of rotatable bonds is 3. The minimum absolute atomic E-state index is 0.00884. The first-order valence-corrected chi connectivity index (χ1v) is 10.4. The fourth-order valence-corrected chi connectivity index (χ4v) is 3.63. The number of nitrogens with two attached hydrogens (primary N) is 1. The lowest BCUT2D eigenvalue weighted by molar-refractivity contribution is -0.0901. The van der Waals surface area contributed by atoms with Crippen LogP contribution in [0.15, 0.2) is 48.5 Å². The maximum atomic E-state index is 6.91. The van der Waals surface area contributed by atoms with Gasteiger partial charge in [-0.2, -0.15) is 0 Å². The summed E-state index contributed by atoms with van der Waals surface area (Å²) in [6.07, 6.45) is 2.26. The van der Waals surface area contributed by atoms with E-state index in [1.54, 1.807) is 6.07 Å². The van der Waals surface area contributed by atoms with Gasteiger partial charge in [-0.15, -0.1) is 0 Å². The van der Waals surface area contributed by atoms with Crippen LogP contribution in [0.4, 0.5) is 5.69 Å². The summed E-state index contributed by atoms with van der Waals surface area (Å²) in [7, 11) is 0. The fraction of sp³-hybridized carbons (Fsp3) is 0.458.